The number of fused-ring (bicyclic) bond motifs is 3. The van der Waals surface area contributed by atoms with Gasteiger partial charge in [0, 0.05) is 33.1 Å². The quantitative estimate of drug-likeness (QED) is 0.805. The summed E-state index contributed by atoms with van der Waals surface area (Å²) in [4.78, 5) is 41.0. The van der Waals surface area contributed by atoms with E-state index in [-0.39, 0.29) is 17.5 Å². The lowest BCUT2D eigenvalue weighted by atomic mass is 9.84. The highest BCUT2D eigenvalue weighted by Crippen LogP contribution is 2.49. The molecule has 2 fully saturated rings. The van der Waals surface area contributed by atoms with Crippen LogP contribution in [0.4, 0.5) is 0 Å². The molecule has 1 N–H and O–H groups in total. The first-order chi connectivity index (χ1) is 13.4. The van der Waals surface area contributed by atoms with Crippen molar-refractivity contribution in [3.63, 3.8) is 0 Å². The molecule has 28 heavy (non-hydrogen) atoms. The van der Waals surface area contributed by atoms with E-state index >= 15 is 0 Å². The van der Waals surface area contributed by atoms with E-state index in [2.05, 4.69) is 17.2 Å². The highest BCUT2D eigenvalue weighted by molar-refractivity contribution is 5.76. The first-order valence-corrected chi connectivity index (χ1v) is 10.3. The van der Waals surface area contributed by atoms with Gasteiger partial charge in [0.1, 0.15) is 0 Å². The molecule has 2 aliphatic rings. The molecule has 2 saturated carbocycles. The highest BCUT2D eigenvalue weighted by atomic mass is 16.2. The van der Waals surface area contributed by atoms with Gasteiger partial charge in [-0.25, -0.2) is 9.78 Å². The number of hydrogen-bond donors (Lipinski definition) is 1. The number of carbonyl (C=O) groups is 1. The summed E-state index contributed by atoms with van der Waals surface area (Å²) in [7, 11) is 3.07. The molecule has 8 nitrogen and oxygen atoms in total. The predicted octanol–water partition coefficient (Wildman–Crippen LogP) is 1.15. The SMILES string of the molecule is C[C@@H](NC(=O)CCCn1cnc2c1c(=O)n(C)c(=O)n2C)[C@@H]1C[C@H]2CC[C@H]1C2. The van der Waals surface area contributed by atoms with Crippen molar-refractivity contribution in [3.8, 4) is 0 Å². The number of hydrogen-bond acceptors (Lipinski definition) is 4. The molecule has 4 atom stereocenters. The molecule has 0 aromatic carbocycles. The molecule has 0 aliphatic heterocycles. The van der Waals surface area contributed by atoms with Crippen LogP contribution in [0, 0.1) is 17.8 Å². The van der Waals surface area contributed by atoms with Crippen LogP contribution in [0.3, 0.4) is 0 Å². The first kappa shape index (κ1) is 19.0. The van der Waals surface area contributed by atoms with Gasteiger partial charge < -0.3 is 9.88 Å². The van der Waals surface area contributed by atoms with Crippen LogP contribution in [0.5, 0.6) is 0 Å². The third kappa shape index (κ3) is 3.18. The van der Waals surface area contributed by atoms with E-state index in [9.17, 15) is 14.4 Å². The lowest BCUT2D eigenvalue weighted by Crippen LogP contribution is -2.40. The molecule has 8 heteroatoms. The Morgan fingerprint density at radius 3 is 2.71 bits per heavy atom. The molecule has 1 amide bonds. The average Bonchev–Trinajstić information content (AvgIpc) is 3.40. The van der Waals surface area contributed by atoms with Crippen molar-refractivity contribution in [2.45, 2.75) is 58.0 Å². The molecule has 2 aromatic rings. The Balaban J connectivity index is 1.36. The largest absolute Gasteiger partial charge is 0.353 e. The van der Waals surface area contributed by atoms with Gasteiger partial charge in [0.05, 0.1) is 6.33 Å². The summed E-state index contributed by atoms with van der Waals surface area (Å²) in [6.45, 7) is 2.65. The minimum atomic E-state index is -0.392. The number of aryl methyl sites for hydroxylation is 2. The van der Waals surface area contributed by atoms with Gasteiger partial charge in [0.2, 0.25) is 5.91 Å². The molecule has 152 valence electrons. The lowest BCUT2D eigenvalue weighted by Gasteiger charge is -2.28. The molecule has 4 rings (SSSR count). The maximum atomic E-state index is 12.4. The third-order valence-electron chi connectivity index (χ3n) is 6.84. The van der Waals surface area contributed by atoms with Crippen molar-refractivity contribution < 1.29 is 4.79 Å². The molecular formula is C20H29N5O3. The van der Waals surface area contributed by atoms with Gasteiger partial charge in [-0.3, -0.25) is 18.7 Å². The van der Waals surface area contributed by atoms with Gasteiger partial charge >= 0.3 is 5.69 Å². The van der Waals surface area contributed by atoms with Crippen LogP contribution >= 0.6 is 0 Å². The highest BCUT2D eigenvalue weighted by Gasteiger charge is 2.42. The van der Waals surface area contributed by atoms with Crippen LogP contribution in [0.15, 0.2) is 15.9 Å². The van der Waals surface area contributed by atoms with Crippen LogP contribution in [0.2, 0.25) is 0 Å². The minimum absolute atomic E-state index is 0.0694. The topological polar surface area (TPSA) is 90.9 Å². The van der Waals surface area contributed by atoms with Crippen molar-refractivity contribution >= 4 is 17.1 Å². The molecule has 0 unspecified atom stereocenters. The van der Waals surface area contributed by atoms with Gasteiger partial charge in [-0.2, -0.15) is 0 Å². The molecule has 0 radical (unpaired) electrons. The normalized spacial score (nSPS) is 24.8. The van der Waals surface area contributed by atoms with Crippen molar-refractivity contribution in [1.82, 2.24) is 24.0 Å². The van der Waals surface area contributed by atoms with Crippen LogP contribution in [-0.2, 0) is 25.4 Å². The number of imidazole rings is 1. The number of nitrogens with zero attached hydrogens (tertiary/aromatic N) is 4. The fraction of sp³-hybridized carbons (Fsp3) is 0.700. The van der Waals surface area contributed by atoms with Gasteiger partial charge in [-0.05, 0) is 50.4 Å². The number of carbonyl (C=O) groups excluding carboxylic acids is 1. The summed E-state index contributed by atoms with van der Waals surface area (Å²) < 4.78 is 4.20. The summed E-state index contributed by atoms with van der Waals surface area (Å²) in [6.07, 6.45) is 7.89. The second kappa shape index (κ2) is 7.22. The maximum absolute atomic E-state index is 12.4. The van der Waals surface area contributed by atoms with Gasteiger partial charge in [0.25, 0.3) is 5.56 Å². The van der Waals surface area contributed by atoms with Crippen molar-refractivity contribution in [2.75, 3.05) is 0 Å². The lowest BCUT2D eigenvalue weighted by molar-refractivity contribution is -0.122. The Labute approximate surface area is 163 Å². The summed E-state index contributed by atoms with van der Waals surface area (Å²) in [6, 6.07) is 0.235. The summed E-state index contributed by atoms with van der Waals surface area (Å²) in [5, 5.41) is 3.19. The smallest absolute Gasteiger partial charge is 0.332 e. The zero-order valence-electron chi connectivity index (χ0n) is 16.9. The van der Waals surface area contributed by atoms with Crippen LogP contribution in [0.25, 0.3) is 11.2 Å². The van der Waals surface area contributed by atoms with E-state index in [1.807, 2.05) is 0 Å². The van der Waals surface area contributed by atoms with Gasteiger partial charge in [-0.15, -0.1) is 0 Å². The monoisotopic (exact) mass is 387 g/mol. The fourth-order valence-corrected chi connectivity index (χ4v) is 5.32. The van der Waals surface area contributed by atoms with E-state index in [0.29, 0.717) is 36.5 Å². The third-order valence-corrected chi connectivity index (χ3v) is 6.84. The summed E-state index contributed by atoms with van der Waals surface area (Å²) in [5.41, 5.74) is 0.0320. The zero-order valence-corrected chi connectivity index (χ0v) is 16.9. The number of rotatable bonds is 6. The molecule has 2 aliphatic carbocycles. The molecular weight excluding hydrogens is 358 g/mol. The molecule has 2 bridgehead atoms. The minimum Gasteiger partial charge on any atom is -0.353 e. The van der Waals surface area contributed by atoms with E-state index in [1.54, 1.807) is 17.9 Å². The average molecular weight is 387 g/mol. The number of nitrogens with one attached hydrogen (secondary N) is 1. The zero-order chi connectivity index (χ0) is 20.0. The molecule has 0 saturated heterocycles. The summed E-state index contributed by atoms with van der Waals surface area (Å²) >= 11 is 0. The Bertz CT molecular complexity index is 1020. The van der Waals surface area contributed by atoms with E-state index < -0.39 is 5.69 Å². The van der Waals surface area contributed by atoms with Crippen molar-refractivity contribution in [2.24, 2.45) is 31.8 Å². The Morgan fingerprint density at radius 2 is 2.04 bits per heavy atom. The number of aromatic nitrogens is 4. The molecule has 2 heterocycles. The van der Waals surface area contributed by atoms with Gasteiger partial charge in [-0.1, -0.05) is 6.42 Å². The maximum Gasteiger partial charge on any atom is 0.332 e. The Morgan fingerprint density at radius 1 is 1.25 bits per heavy atom. The van der Waals surface area contributed by atoms with Crippen molar-refractivity contribution in [1.29, 1.82) is 0 Å². The Kier molecular flexibility index (Phi) is 4.89. The number of amides is 1. The Hall–Kier alpha value is -2.38. The van der Waals surface area contributed by atoms with Crippen LogP contribution in [-0.4, -0.2) is 30.6 Å². The van der Waals surface area contributed by atoms with Crippen molar-refractivity contribution in [3.05, 3.63) is 27.2 Å². The first-order valence-electron chi connectivity index (χ1n) is 10.3. The van der Waals surface area contributed by atoms with Gasteiger partial charge in [0.15, 0.2) is 11.2 Å². The van der Waals surface area contributed by atoms with E-state index in [4.69, 9.17) is 0 Å². The summed E-state index contributed by atoms with van der Waals surface area (Å²) in [5.74, 6) is 2.37. The fourth-order valence-electron chi connectivity index (χ4n) is 5.32. The standard InChI is InChI=1S/C20H29N5O3/c1-12(15-10-13-6-7-14(15)9-13)22-16(26)5-4-8-25-11-21-18-17(25)19(27)24(3)20(28)23(18)2/h11-15H,4-10H2,1-3H3,(H,22,26)/t12-,13+,14+,15+/m1/s1. The van der Waals surface area contributed by atoms with E-state index in [1.165, 1.54) is 37.3 Å². The van der Waals surface area contributed by atoms with E-state index in [0.717, 1.165) is 16.4 Å². The molecule has 2 aromatic heterocycles. The second-order valence-corrected chi connectivity index (χ2v) is 8.61. The molecule has 0 spiro atoms. The van der Waals surface area contributed by atoms with Crippen LogP contribution < -0.4 is 16.6 Å². The predicted molar refractivity (Wildman–Crippen MR) is 106 cm³/mol. The second-order valence-electron chi connectivity index (χ2n) is 8.61. The van der Waals surface area contributed by atoms with Crippen LogP contribution in [0.1, 0.15) is 45.4 Å².